The molecule has 37 heavy (non-hydrogen) atoms. The second-order valence-corrected chi connectivity index (χ2v) is 11.9. The van der Waals surface area contributed by atoms with Gasteiger partial charge < -0.3 is 15.0 Å². The Morgan fingerprint density at radius 2 is 1.73 bits per heavy atom. The Kier molecular flexibility index (Phi) is 9.59. The number of nitrogens with zero attached hydrogens (tertiary/aromatic N) is 2. The SMILES string of the molecule is COc1ccc(C)cc1N(CC(=O)N(Cc1cccc(C)c1)C(C)C(=O)NC1CCCCC1)S(C)(=O)=O. The predicted molar refractivity (Wildman–Crippen MR) is 146 cm³/mol. The minimum absolute atomic E-state index is 0.101. The molecule has 0 aliphatic heterocycles. The van der Waals surface area contributed by atoms with Crippen molar-refractivity contribution in [2.75, 3.05) is 24.2 Å². The number of anilines is 1. The van der Waals surface area contributed by atoms with Gasteiger partial charge >= 0.3 is 0 Å². The number of nitrogens with one attached hydrogen (secondary N) is 1. The van der Waals surface area contributed by atoms with Crippen molar-refractivity contribution in [3.8, 4) is 5.75 Å². The number of methoxy groups -OCH3 is 1. The summed E-state index contributed by atoms with van der Waals surface area (Å²) in [6.07, 6.45) is 6.24. The fourth-order valence-electron chi connectivity index (χ4n) is 4.75. The number of carbonyl (C=O) groups excluding carboxylic acids is 2. The van der Waals surface area contributed by atoms with Crippen molar-refractivity contribution in [1.29, 1.82) is 0 Å². The lowest BCUT2D eigenvalue weighted by molar-refractivity contribution is -0.139. The van der Waals surface area contributed by atoms with Crippen molar-refractivity contribution in [3.05, 3.63) is 59.2 Å². The fourth-order valence-corrected chi connectivity index (χ4v) is 5.59. The zero-order chi connectivity index (χ0) is 27.2. The summed E-state index contributed by atoms with van der Waals surface area (Å²) < 4.78 is 32.2. The molecule has 1 fully saturated rings. The van der Waals surface area contributed by atoms with Crippen molar-refractivity contribution in [2.24, 2.45) is 0 Å². The quantitative estimate of drug-likeness (QED) is 0.503. The van der Waals surface area contributed by atoms with Gasteiger partial charge in [-0.15, -0.1) is 0 Å². The molecule has 1 aliphatic carbocycles. The van der Waals surface area contributed by atoms with Crippen molar-refractivity contribution < 1.29 is 22.7 Å². The lowest BCUT2D eigenvalue weighted by Crippen LogP contribution is -2.53. The minimum atomic E-state index is -3.84. The summed E-state index contributed by atoms with van der Waals surface area (Å²) in [4.78, 5) is 28.5. The van der Waals surface area contributed by atoms with Crippen LogP contribution in [-0.4, -0.2) is 57.1 Å². The molecule has 2 amide bonds. The van der Waals surface area contributed by atoms with Crippen molar-refractivity contribution >= 4 is 27.5 Å². The maximum atomic E-state index is 13.8. The van der Waals surface area contributed by atoms with Gasteiger partial charge in [0.15, 0.2) is 0 Å². The van der Waals surface area contributed by atoms with Gasteiger partial charge in [0.25, 0.3) is 0 Å². The number of aryl methyl sites for hydroxylation is 2. The van der Waals surface area contributed by atoms with Crippen LogP contribution in [0.2, 0.25) is 0 Å². The third-order valence-corrected chi connectivity index (χ3v) is 7.96. The van der Waals surface area contributed by atoms with Gasteiger partial charge in [-0.1, -0.05) is 55.2 Å². The normalized spacial score (nSPS) is 15.1. The Bertz CT molecular complexity index is 1210. The Labute approximate surface area is 221 Å². The monoisotopic (exact) mass is 529 g/mol. The third-order valence-electron chi connectivity index (χ3n) is 6.84. The first kappa shape index (κ1) is 28.5. The number of ether oxygens (including phenoxy) is 1. The van der Waals surface area contributed by atoms with Crippen LogP contribution in [0.15, 0.2) is 42.5 Å². The standard InChI is InChI=1S/C28H39N3O5S/c1-20-10-9-11-23(16-20)18-30(22(3)28(33)29-24-12-7-6-8-13-24)27(32)19-31(37(5,34)35)25-17-21(2)14-15-26(25)36-4/h9-11,14-17,22,24H,6-8,12-13,18-19H2,1-5H3,(H,29,33). The van der Waals surface area contributed by atoms with Gasteiger partial charge in [-0.3, -0.25) is 13.9 Å². The van der Waals surface area contributed by atoms with E-state index in [4.69, 9.17) is 4.74 Å². The van der Waals surface area contributed by atoms with E-state index in [2.05, 4.69) is 5.32 Å². The second-order valence-electron chi connectivity index (χ2n) is 9.98. The Hall–Kier alpha value is -3.07. The number of hydrogen-bond acceptors (Lipinski definition) is 5. The largest absolute Gasteiger partial charge is 0.495 e. The van der Waals surface area contributed by atoms with E-state index in [1.54, 1.807) is 19.1 Å². The summed E-state index contributed by atoms with van der Waals surface area (Å²) >= 11 is 0. The Morgan fingerprint density at radius 3 is 2.35 bits per heavy atom. The van der Waals surface area contributed by atoms with Gasteiger partial charge in [0.05, 0.1) is 19.1 Å². The van der Waals surface area contributed by atoms with Crippen LogP contribution >= 0.6 is 0 Å². The van der Waals surface area contributed by atoms with Crippen molar-refractivity contribution in [1.82, 2.24) is 10.2 Å². The molecule has 202 valence electrons. The average Bonchev–Trinajstić information content (AvgIpc) is 2.85. The molecular formula is C28H39N3O5S. The van der Waals surface area contributed by atoms with E-state index >= 15 is 0 Å². The molecule has 3 rings (SSSR count). The lowest BCUT2D eigenvalue weighted by atomic mass is 9.95. The van der Waals surface area contributed by atoms with Gasteiger partial charge in [-0.05, 0) is 56.9 Å². The van der Waals surface area contributed by atoms with Crippen LogP contribution in [0.1, 0.15) is 55.7 Å². The first-order valence-corrected chi connectivity index (χ1v) is 14.6. The summed E-state index contributed by atoms with van der Waals surface area (Å²) in [5.41, 5.74) is 3.01. The molecule has 0 radical (unpaired) electrons. The summed E-state index contributed by atoms with van der Waals surface area (Å²) in [6, 6.07) is 12.2. The van der Waals surface area contributed by atoms with Gasteiger partial charge in [0, 0.05) is 12.6 Å². The predicted octanol–water partition coefficient (Wildman–Crippen LogP) is 3.94. The first-order chi connectivity index (χ1) is 17.5. The van der Waals surface area contributed by atoms with E-state index in [1.165, 1.54) is 18.4 Å². The molecule has 0 heterocycles. The lowest BCUT2D eigenvalue weighted by Gasteiger charge is -2.33. The average molecular weight is 530 g/mol. The van der Waals surface area contributed by atoms with Gasteiger partial charge in [-0.25, -0.2) is 8.42 Å². The molecule has 1 atom stereocenters. The molecule has 1 aliphatic rings. The molecule has 8 nitrogen and oxygen atoms in total. The number of rotatable bonds is 10. The van der Waals surface area contributed by atoms with E-state index in [-0.39, 0.29) is 24.2 Å². The highest BCUT2D eigenvalue weighted by molar-refractivity contribution is 7.92. The van der Waals surface area contributed by atoms with Gasteiger partial charge in [0.2, 0.25) is 21.8 Å². The van der Waals surface area contributed by atoms with Crippen molar-refractivity contribution in [3.63, 3.8) is 0 Å². The summed E-state index contributed by atoms with van der Waals surface area (Å²) in [5.74, 6) is -0.356. The highest BCUT2D eigenvalue weighted by Gasteiger charge is 2.32. The number of amides is 2. The van der Waals surface area contributed by atoms with Crippen LogP contribution in [-0.2, 0) is 26.2 Å². The first-order valence-electron chi connectivity index (χ1n) is 12.8. The Balaban J connectivity index is 1.92. The maximum Gasteiger partial charge on any atom is 0.244 e. The van der Waals surface area contributed by atoms with E-state index in [0.717, 1.165) is 52.9 Å². The molecule has 0 aromatic heterocycles. The number of carbonyl (C=O) groups is 2. The van der Waals surface area contributed by atoms with E-state index < -0.39 is 28.5 Å². The number of hydrogen-bond donors (Lipinski definition) is 1. The molecular weight excluding hydrogens is 490 g/mol. The minimum Gasteiger partial charge on any atom is -0.495 e. The number of sulfonamides is 1. The molecule has 1 N–H and O–H groups in total. The summed E-state index contributed by atoms with van der Waals surface area (Å²) in [7, 11) is -2.38. The smallest absolute Gasteiger partial charge is 0.244 e. The summed E-state index contributed by atoms with van der Waals surface area (Å²) in [6.45, 7) is 5.23. The van der Waals surface area contributed by atoms with Crippen LogP contribution in [0.25, 0.3) is 0 Å². The van der Waals surface area contributed by atoms with Gasteiger partial charge in [0.1, 0.15) is 18.3 Å². The molecule has 0 bridgehead atoms. The Morgan fingerprint density at radius 1 is 1.05 bits per heavy atom. The van der Waals surface area contributed by atoms with Crippen LogP contribution in [0.3, 0.4) is 0 Å². The van der Waals surface area contributed by atoms with E-state index in [9.17, 15) is 18.0 Å². The molecule has 2 aromatic carbocycles. The van der Waals surface area contributed by atoms with E-state index in [0.29, 0.717) is 5.75 Å². The molecule has 2 aromatic rings. The van der Waals surface area contributed by atoms with Crippen molar-refractivity contribution in [2.45, 2.75) is 71.5 Å². The molecule has 1 unspecified atom stereocenters. The second kappa shape index (κ2) is 12.4. The maximum absolute atomic E-state index is 13.8. The highest BCUT2D eigenvalue weighted by atomic mass is 32.2. The zero-order valence-corrected chi connectivity index (χ0v) is 23.3. The topological polar surface area (TPSA) is 96.0 Å². The summed E-state index contributed by atoms with van der Waals surface area (Å²) in [5, 5.41) is 3.11. The van der Waals surface area contributed by atoms with Crippen LogP contribution < -0.4 is 14.4 Å². The van der Waals surface area contributed by atoms with Crippen LogP contribution in [0.5, 0.6) is 5.75 Å². The van der Waals surface area contributed by atoms with E-state index in [1.807, 2.05) is 44.2 Å². The van der Waals surface area contributed by atoms with Crippen LogP contribution in [0.4, 0.5) is 5.69 Å². The molecule has 0 spiro atoms. The van der Waals surface area contributed by atoms with Gasteiger partial charge in [-0.2, -0.15) is 0 Å². The molecule has 1 saturated carbocycles. The molecule has 9 heteroatoms. The molecule has 0 saturated heterocycles. The number of benzene rings is 2. The van der Waals surface area contributed by atoms with Crippen LogP contribution in [0, 0.1) is 13.8 Å². The zero-order valence-electron chi connectivity index (χ0n) is 22.5. The third kappa shape index (κ3) is 7.71. The fraction of sp³-hybridized carbons (Fsp3) is 0.500. The highest BCUT2D eigenvalue weighted by Crippen LogP contribution is 2.31.